The second-order valence-corrected chi connectivity index (χ2v) is 7.22. The van der Waals surface area contributed by atoms with Gasteiger partial charge in [-0.25, -0.2) is 4.98 Å². The van der Waals surface area contributed by atoms with Crippen LogP contribution in [0.2, 0.25) is 0 Å². The number of rotatable bonds is 5. The lowest BCUT2D eigenvalue weighted by Crippen LogP contribution is -2.42. The van der Waals surface area contributed by atoms with E-state index in [2.05, 4.69) is 20.4 Å². The number of carbonyl (C=O) groups excluding carboxylic acids is 2. The molecule has 0 fully saturated rings. The van der Waals surface area contributed by atoms with Crippen molar-refractivity contribution in [2.75, 3.05) is 19.0 Å². The number of aryl methyl sites for hydroxylation is 1. The Morgan fingerprint density at radius 1 is 1.10 bits per heavy atom. The molecule has 2 amide bonds. The van der Waals surface area contributed by atoms with E-state index in [-0.39, 0.29) is 11.7 Å². The summed E-state index contributed by atoms with van der Waals surface area (Å²) in [6.07, 6.45) is 0. The first kappa shape index (κ1) is 19.1. The third kappa shape index (κ3) is 4.14. The Labute approximate surface area is 171 Å². The maximum absolute atomic E-state index is 12.3. The van der Waals surface area contributed by atoms with Crippen LogP contribution in [-0.4, -0.2) is 40.3 Å². The Morgan fingerprint density at radius 2 is 1.90 bits per heavy atom. The molecule has 29 heavy (non-hydrogen) atoms. The van der Waals surface area contributed by atoms with Gasteiger partial charge in [0.05, 0.1) is 16.8 Å². The number of para-hydroxylation sites is 2. The van der Waals surface area contributed by atoms with Gasteiger partial charge in [0.25, 0.3) is 5.91 Å². The summed E-state index contributed by atoms with van der Waals surface area (Å²) in [5.74, 6) is 0.498. The van der Waals surface area contributed by atoms with E-state index in [1.54, 1.807) is 18.2 Å². The Hall–Kier alpha value is -3.20. The Balaban J connectivity index is 1.33. The van der Waals surface area contributed by atoms with Gasteiger partial charge in [0.1, 0.15) is 13.2 Å². The SMILES string of the molecule is CCn1c(SCC(=O)NNC(=O)c2ccc3c(c2)OCCO3)nc2ccccc21. The quantitative estimate of drug-likeness (QED) is 0.494. The minimum atomic E-state index is -0.430. The van der Waals surface area contributed by atoms with Crippen LogP contribution in [0.4, 0.5) is 0 Å². The van der Waals surface area contributed by atoms with E-state index in [0.717, 1.165) is 22.7 Å². The molecule has 0 radical (unpaired) electrons. The van der Waals surface area contributed by atoms with Crippen molar-refractivity contribution in [3.8, 4) is 11.5 Å². The molecule has 0 aliphatic carbocycles. The van der Waals surface area contributed by atoms with Gasteiger partial charge >= 0.3 is 0 Å². The lowest BCUT2D eigenvalue weighted by atomic mass is 10.2. The smallest absolute Gasteiger partial charge is 0.269 e. The van der Waals surface area contributed by atoms with Crippen LogP contribution in [0.3, 0.4) is 0 Å². The van der Waals surface area contributed by atoms with Crippen LogP contribution >= 0.6 is 11.8 Å². The number of amides is 2. The molecule has 0 saturated heterocycles. The highest BCUT2D eigenvalue weighted by Gasteiger charge is 2.16. The number of ether oxygens (including phenoxy) is 2. The van der Waals surface area contributed by atoms with E-state index >= 15 is 0 Å². The highest BCUT2D eigenvalue weighted by molar-refractivity contribution is 7.99. The first-order valence-corrected chi connectivity index (χ1v) is 10.2. The zero-order valence-corrected chi connectivity index (χ0v) is 16.6. The summed E-state index contributed by atoms with van der Waals surface area (Å²) in [6.45, 7) is 3.71. The monoisotopic (exact) mass is 412 g/mol. The number of nitrogens with one attached hydrogen (secondary N) is 2. The van der Waals surface area contributed by atoms with Crippen LogP contribution in [0.1, 0.15) is 17.3 Å². The van der Waals surface area contributed by atoms with Crippen molar-refractivity contribution in [3.05, 3.63) is 48.0 Å². The van der Waals surface area contributed by atoms with Crippen molar-refractivity contribution in [2.45, 2.75) is 18.6 Å². The van der Waals surface area contributed by atoms with Crippen LogP contribution in [0, 0.1) is 0 Å². The van der Waals surface area contributed by atoms with Crippen LogP contribution < -0.4 is 20.3 Å². The molecule has 4 rings (SSSR count). The highest BCUT2D eigenvalue weighted by atomic mass is 32.2. The summed E-state index contributed by atoms with van der Waals surface area (Å²) in [5.41, 5.74) is 7.15. The number of hydrogen-bond acceptors (Lipinski definition) is 6. The van der Waals surface area contributed by atoms with Gasteiger partial charge in [-0.1, -0.05) is 23.9 Å². The number of benzene rings is 2. The molecule has 1 aliphatic rings. The van der Waals surface area contributed by atoms with Crippen molar-refractivity contribution in [2.24, 2.45) is 0 Å². The Morgan fingerprint density at radius 3 is 2.72 bits per heavy atom. The minimum absolute atomic E-state index is 0.130. The van der Waals surface area contributed by atoms with E-state index in [9.17, 15) is 9.59 Å². The fourth-order valence-corrected chi connectivity index (χ4v) is 3.90. The number of aromatic nitrogens is 2. The van der Waals surface area contributed by atoms with Crippen molar-refractivity contribution in [1.82, 2.24) is 20.4 Å². The number of hydrogen-bond donors (Lipinski definition) is 2. The lowest BCUT2D eigenvalue weighted by molar-refractivity contribution is -0.119. The average molecular weight is 412 g/mol. The predicted molar refractivity (Wildman–Crippen MR) is 109 cm³/mol. The molecule has 150 valence electrons. The first-order chi connectivity index (χ1) is 14.2. The fraction of sp³-hybridized carbons (Fsp3) is 0.250. The maximum atomic E-state index is 12.3. The molecule has 1 aliphatic heterocycles. The van der Waals surface area contributed by atoms with E-state index in [0.29, 0.717) is 30.3 Å². The molecule has 0 saturated carbocycles. The number of thioether (sulfide) groups is 1. The van der Waals surface area contributed by atoms with Crippen LogP contribution in [-0.2, 0) is 11.3 Å². The molecule has 2 aromatic carbocycles. The number of nitrogens with zero attached hydrogens (tertiary/aromatic N) is 2. The van der Waals surface area contributed by atoms with Gasteiger partial charge in [0.15, 0.2) is 16.7 Å². The maximum Gasteiger partial charge on any atom is 0.269 e. The van der Waals surface area contributed by atoms with Crippen LogP contribution in [0.15, 0.2) is 47.6 Å². The molecule has 2 N–H and O–H groups in total. The summed E-state index contributed by atoms with van der Waals surface area (Å²) >= 11 is 1.32. The second-order valence-electron chi connectivity index (χ2n) is 6.28. The zero-order valence-electron chi connectivity index (χ0n) is 15.8. The predicted octanol–water partition coefficient (Wildman–Crippen LogP) is 2.38. The molecule has 0 spiro atoms. The summed E-state index contributed by atoms with van der Waals surface area (Å²) in [6, 6.07) is 12.7. The molecule has 0 unspecified atom stereocenters. The third-order valence-corrected chi connectivity index (χ3v) is 5.36. The van der Waals surface area contributed by atoms with Gasteiger partial charge in [-0.15, -0.1) is 0 Å². The van der Waals surface area contributed by atoms with Crippen molar-refractivity contribution < 1.29 is 19.1 Å². The number of hydrazine groups is 1. The standard InChI is InChI=1S/C20H20N4O4S/c1-2-24-15-6-4-3-5-14(15)21-20(24)29-12-18(25)22-23-19(26)13-7-8-16-17(11-13)28-10-9-27-16/h3-8,11H,2,9-10,12H2,1H3,(H,22,25)(H,23,26). The van der Waals surface area contributed by atoms with Gasteiger partial charge in [-0.3, -0.25) is 20.4 Å². The molecule has 2 heterocycles. The first-order valence-electron chi connectivity index (χ1n) is 9.22. The molecule has 8 nitrogen and oxygen atoms in total. The van der Waals surface area contributed by atoms with Crippen LogP contribution in [0.5, 0.6) is 11.5 Å². The third-order valence-electron chi connectivity index (χ3n) is 4.39. The van der Waals surface area contributed by atoms with Gasteiger partial charge in [0.2, 0.25) is 5.91 Å². The fourth-order valence-electron chi connectivity index (χ4n) is 3.02. The summed E-state index contributed by atoms with van der Waals surface area (Å²) in [5, 5.41) is 0.766. The minimum Gasteiger partial charge on any atom is -0.486 e. The zero-order chi connectivity index (χ0) is 20.2. The van der Waals surface area contributed by atoms with E-state index in [4.69, 9.17) is 9.47 Å². The molecular weight excluding hydrogens is 392 g/mol. The highest BCUT2D eigenvalue weighted by Crippen LogP contribution is 2.30. The summed E-state index contributed by atoms with van der Waals surface area (Å²) < 4.78 is 13.0. The van der Waals surface area contributed by atoms with Crippen molar-refractivity contribution >= 4 is 34.6 Å². The second kappa shape index (κ2) is 8.44. The Kier molecular flexibility index (Phi) is 5.57. The largest absolute Gasteiger partial charge is 0.486 e. The number of carbonyl (C=O) groups is 2. The number of imidazole rings is 1. The van der Waals surface area contributed by atoms with Crippen molar-refractivity contribution in [1.29, 1.82) is 0 Å². The molecule has 3 aromatic rings. The van der Waals surface area contributed by atoms with Gasteiger partial charge in [0, 0.05) is 12.1 Å². The molecular formula is C20H20N4O4S. The van der Waals surface area contributed by atoms with E-state index < -0.39 is 5.91 Å². The molecule has 9 heteroatoms. The topological polar surface area (TPSA) is 94.5 Å². The molecule has 0 atom stereocenters. The normalized spacial score (nSPS) is 12.6. The average Bonchev–Trinajstić information content (AvgIpc) is 3.13. The summed E-state index contributed by atoms with van der Waals surface area (Å²) in [4.78, 5) is 29.0. The molecule has 0 bridgehead atoms. The van der Waals surface area contributed by atoms with Crippen molar-refractivity contribution in [3.63, 3.8) is 0 Å². The van der Waals surface area contributed by atoms with Gasteiger partial charge in [-0.2, -0.15) is 0 Å². The lowest BCUT2D eigenvalue weighted by Gasteiger charge is -2.18. The van der Waals surface area contributed by atoms with Gasteiger partial charge < -0.3 is 14.0 Å². The van der Waals surface area contributed by atoms with Crippen LogP contribution in [0.25, 0.3) is 11.0 Å². The van der Waals surface area contributed by atoms with E-state index in [1.165, 1.54) is 11.8 Å². The number of fused-ring (bicyclic) bond motifs is 2. The summed E-state index contributed by atoms with van der Waals surface area (Å²) in [7, 11) is 0. The molecule has 1 aromatic heterocycles. The Bertz CT molecular complexity index is 1070. The van der Waals surface area contributed by atoms with E-state index in [1.807, 2.05) is 31.2 Å². The van der Waals surface area contributed by atoms with Gasteiger partial charge in [-0.05, 0) is 37.3 Å².